The standard InChI is InChI=1S/C12H19F3N2O2/c1-9(2,3)19-8(18)17-6-10(5-16)4-11(10,7-17)12(13,14)15/h4-7,16H2,1-3H3/t10-,11+/m0/s1. The van der Waals surface area contributed by atoms with E-state index in [2.05, 4.69) is 0 Å². The third-order valence-electron chi connectivity index (χ3n) is 4.07. The van der Waals surface area contributed by atoms with Crippen molar-refractivity contribution in [1.82, 2.24) is 4.90 Å². The van der Waals surface area contributed by atoms with E-state index in [1.54, 1.807) is 20.8 Å². The van der Waals surface area contributed by atoms with Crippen LogP contribution in [0.3, 0.4) is 0 Å². The maximum absolute atomic E-state index is 13.2. The Morgan fingerprint density at radius 3 is 2.26 bits per heavy atom. The van der Waals surface area contributed by atoms with Gasteiger partial charge in [0.2, 0.25) is 0 Å². The number of nitrogens with zero attached hydrogens (tertiary/aromatic N) is 1. The minimum Gasteiger partial charge on any atom is -0.444 e. The van der Waals surface area contributed by atoms with Gasteiger partial charge in [-0.2, -0.15) is 13.2 Å². The number of alkyl halides is 3. The van der Waals surface area contributed by atoms with E-state index in [0.29, 0.717) is 0 Å². The molecule has 0 aromatic rings. The predicted octanol–water partition coefficient (Wildman–Crippen LogP) is 2.13. The third-order valence-corrected chi connectivity index (χ3v) is 4.07. The van der Waals surface area contributed by atoms with E-state index in [1.165, 1.54) is 0 Å². The molecular weight excluding hydrogens is 261 g/mol. The van der Waals surface area contributed by atoms with Gasteiger partial charge in [-0.05, 0) is 27.2 Å². The monoisotopic (exact) mass is 280 g/mol. The second-order valence-electron chi connectivity index (χ2n) is 6.58. The van der Waals surface area contributed by atoms with Crippen molar-refractivity contribution in [2.75, 3.05) is 19.6 Å². The van der Waals surface area contributed by atoms with Crippen molar-refractivity contribution < 1.29 is 22.7 Å². The number of halogens is 3. The number of ether oxygens (including phenoxy) is 1. The van der Waals surface area contributed by atoms with Crippen LogP contribution in [-0.4, -0.2) is 42.4 Å². The molecular formula is C12H19F3N2O2. The lowest BCUT2D eigenvalue weighted by atomic mass is 9.96. The van der Waals surface area contributed by atoms with Crippen LogP contribution in [0.2, 0.25) is 0 Å². The molecule has 110 valence electrons. The van der Waals surface area contributed by atoms with Crippen molar-refractivity contribution in [1.29, 1.82) is 0 Å². The summed E-state index contributed by atoms with van der Waals surface area (Å²) in [6.07, 6.45) is -5.02. The third kappa shape index (κ3) is 2.07. The number of hydrogen-bond donors (Lipinski definition) is 1. The fourth-order valence-electron chi connectivity index (χ4n) is 2.99. The zero-order chi connectivity index (χ0) is 14.7. The van der Waals surface area contributed by atoms with Gasteiger partial charge in [0.1, 0.15) is 5.60 Å². The first kappa shape index (κ1) is 14.4. The van der Waals surface area contributed by atoms with Crippen LogP contribution in [0.25, 0.3) is 0 Å². The number of fused-ring (bicyclic) bond motifs is 1. The Hall–Kier alpha value is -0.980. The maximum atomic E-state index is 13.2. The van der Waals surface area contributed by atoms with Crippen molar-refractivity contribution in [2.24, 2.45) is 16.6 Å². The molecule has 2 aliphatic rings. The largest absolute Gasteiger partial charge is 0.444 e. The highest BCUT2D eigenvalue weighted by Crippen LogP contribution is 2.74. The lowest BCUT2D eigenvalue weighted by Crippen LogP contribution is -2.39. The first-order valence-corrected chi connectivity index (χ1v) is 6.21. The normalized spacial score (nSPS) is 34.2. The zero-order valence-electron chi connectivity index (χ0n) is 11.3. The fourth-order valence-corrected chi connectivity index (χ4v) is 2.99. The molecule has 1 aliphatic heterocycles. The average molecular weight is 280 g/mol. The molecule has 1 amide bonds. The molecule has 1 aliphatic carbocycles. The van der Waals surface area contributed by atoms with E-state index in [4.69, 9.17) is 10.5 Å². The number of piperidine rings is 1. The number of amides is 1. The molecule has 7 heteroatoms. The van der Waals surface area contributed by atoms with Crippen molar-refractivity contribution >= 4 is 6.09 Å². The summed E-state index contributed by atoms with van der Waals surface area (Å²) in [5, 5.41) is 0. The highest BCUT2D eigenvalue weighted by Gasteiger charge is 2.83. The van der Waals surface area contributed by atoms with Gasteiger partial charge in [0.15, 0.2) is 0 Å². The van der Waals surface area contributed by atoms with Gasteiger partial charge in [-0.1, -0.05) is 0 Å². The van der Waals surface area contributed by atoms with Gasteiger partial charge in [-0.3, -0.25) is 0 Å². The topological polar surface area (TPSA) is 55.6 Å². The Kier molecular flexibility index (Phi) is 2.87. The molecule has 2 N–H and O–H groups in total. The summed E-state index contributed by atoms with van der Waals surface area (Å²) in [5.41, 5.74) is 1.95. The molecule has 2 fully saturated rings. The van der Waals surface area contributed by atoms with Crippen molar-refractivity contribution in [3.8, 4) is 0 Å². The van der Waals surface area contributed by atoms with Gasteiger partial charge in [0.25, 0.3) is 0 Å². The molecule has 2 atom stereocenters. The molecule has 1 saturated heterocycles. The summed E-state index contributed by atoms with van der Waals surface area (Å²) < 4.78 is 44.6. The molecule has 0 aromatic carbocycles. The van der Waals surface area contributed by atoms with Crippen LogP contribution >= 0.6 is 0 Å². The molecule has 1 saturated carbocycles. The summed E-state index contributed by atoms with van der Waals surface area (Å²) in [7, 11) is 0. The highest BCUT2D eigenvalue weighted by atomic mass is 19.4. The van der Waals surface area contributed by atoms with Gasteiger partial charge >= 0.3 is 12.3 Å². The predicted molar refractivity (Wildman–Crippen MR) is 62.4 cm³/mol. The van der Waals surface area contributed by atoms with Crippen molar-refractivity contribution in [2.45, 2.75) is 39.0 Å². The van der Waals surface area contributed by atoms with E-state index in [1.807, 2.05) is 0 Å². The smallest absolute Gasteiger partial charge is 0.410 e. The molecule has 0 unspecified atom stereocenters. The van der Waals surface area contributed by atoms with Crippen molar-refractivity contribution in [3.63, 3.8) is 0 Å². The highest BCUT2D eigenvalue weighted by molar-refractivity contribution is 5.69. The fraction of sp³-hybridized carbons (Fsp3) is 0.917. The number of carbonyl (C=O) groups is 1. The van der Waals surface area contributed by atoms with E-state index < -0.39 is 28.7 Å². The number of rotatable bonds is 1. The summed E-state index contributed by atoms with van der Waals surface area (Å²) in [4.78, 5) is 13.0. The summed E-state index contributed by atoms with van der Waals surface area (Å²) in [6.45, 7) is 4.66. The molecule has 2 rings (SSSR count). The molecule has 0 aromatic heterocycles. The van der Waals surface area contributed by atoms with Crippen LogP contribution in [0.5, 0.6) is 0 Å². The summed E-state index contributed by atoms with van der Waals surface area (Å²) in [6, 6.07) is 0. The lowest BCUT2D eigenvalue weighted by molar-refractivity contribution is -0.192. The first-order valence-electron chi connectivity index (χ1n) is 6.21. The van der Waals surface area contributed by atoms with Gasteiger partial charge < -0.3 is 15.4 Å². The van der Waals surface area contributed by atoms with Crippen molar-refractivity contribution in [3.05, 3.63) is 0 Å². The van der Waals surface area contributed by atoms with E-state index >= 15 is 0 Å². The second-order valence-corrected chi connectivity index (χ2v) is 6.58. The van der Waals surface area contributed by atoms with Crippen LogP contribution < -0.4 is 5.73 Å². The average Bonchev–Trinajstić information content (AvgIpc) is 2.74. The zero-order valence-corrected chi connectivity index (χ0v) is 11.3. The summed E-state index contributed by atoms with van der Waals surface area (Å²) >= 11 is 0. The maximum Gasteiger partial charge on any atom is 0.410 e. The SMILES string of the molecule is CC(C)(C)OC(=O)N1C[C@@]2(CN)C[C@@]2(C(F)(F)F)C1. The molecule has 19 heavy (non-hydrogen) atoms. The van der Waals surface area contributed by atoms with E-state index in [-0.39, 0.29) is 26.1 Å². The number of likely N-dealkylation sites (tertiary alicyclic amines) is 1. The van der Waals surface area contributed by atoms with Gasteiger partial charge in [-0.15, -0.1) is 0 Å². The lowest BCUT2D eigenvalue weighted by Gasteiger charge is -2.26. The molecule has 4 nitrogen and oxygen atoms in total. The van der Waals surface area contributed by atoms with Gasteiger partial charge in [0, 0.05) is 25.0 Å². The minimum atomic E-state index is -4.33. The number of nitrogens with two attached hydrogens (primary N) is 1. The van der Waals surface area contributed by atoms with Crippen LogP contribution in [0.1, 0.15) is 27.2 Å². The molecule has 0 bridgehead atoms. The second kappa shape index (κ2) is 3.77. The number of hydrogen-bond acceptors (Lipinski definition) is 3. The van der Waals surface area contributed by atoms with Crippen LogP contribution in [0, 0.1) is 10.8 Å². The quantitative estimate of drug-likeness (QED) is 0.800. The van der Waals surface area contributed by atoms with E-state index in [0.717, 1.165) is 4.90 Å². The number of carbonyl (C=O) groups excluding carboxylic acids is 1. The molecule has 0 spiro atoms. The Balaban J connectivity index is 2.13. The first-order chi connectivity index (χ1) is 8.46. The Bertz CT molecular complexity index is 405. The Morgan fingerprint density at radius 1 is 1.32 bits per heavy atom. The Morgan fingerprint density at radius 2 is 1.89 bits per heavy atom. The van der Waals surface area contributed by atoms with Crippen LogP contribution in [-0.2, 0) is 4.74 Å². The van der Waals surface area contributed by atoms with E-state index in [9.17, 15) is 18.0 Å². The minimum absolute atomic E-state index is 0.0132. The van der Waals surface area contributed by atoms with Crippen LogP contribution in [0.15, 0.2) is 0 Å². The van der Waals surface area contributed by atoms with Gasteiger partial charge in [0.05, 0.1) is 5.41 Å². The Labute approximate surface area is 110 Å². The molecule has 1 heterocycles. The summed E-state index contributed by atoms with van der Waals surface area (Å²) in [5.74, 6) is 0. The molecule has 0 radical (unpaired) electrons. The van der Waals surface area contributed by atoms with Gasteiger partial charge in [-0.25, -0.2) is 4.79 Å². The van der Waals surface area contributed by atoms with Crippen LogP contribution in [0.4, 0.5) is 18.0 Å².